The number of aromatic nitrogens is 2. The van der Waals surface area contributed by atoms with Crippen LogP contribution >= 0.6 is 0 Å². The summed E-state index contributed by atoms with van der Waals surface area (Å²) in [7, 11) is 0. The highest BCUT2D eigenvalue weighted by Crippen LogP contribution is 2.17. The van der Waals surface area contributed by atoms with Gasteiger partial charge in [0.2, 0.25) is 0 Å². The van der Waals surface area contributed by atoms with E-state index >= 15 is 0 Å². The number of nitrogens with zero attached hydrogens (tertiary/aromatic N) is 2. The zero-order valence-corrected chi connectivity index (χ0v) is 11.8. The highest BCUT2D eigenvalue weighted by Gasteiger charge is 2.21. The highest BCUT2D eigenvalue weighted by molar-refractivity contribution is 5.87. The zero-order valence-electron chi connectivity index (χ0n) is 11.8. The van der Waals surface area contributed by atoms with Gasteiger partial charge in [-0.2, -0.15) is 0 Å². The van der Waals surface area contributed by atoms with Crippen LogP contribution in [0.3, 0.4) is 0 Å². The summed E-state index contributed by atoms with van der Waals surface area (Å²) in [6, 6.07) is 9.87. The van der Waals surface area contributed by atoms with Crippen LogP contribution in [0.15, 0.2) is 55.6 Å². The normalized spacial score (nSPS) is 10.3. The van der Waals surface area contributed by atoms with Gasteiger partial charge in [-0.25, -0.2) is 9.78 Å². The predicted octanol–water partition coefficient (Wildman–Crippen LogP) is 3.09. The first-order chi connectivity index (χ1) is 10.2. The van der Waals surface area contributed by atoms with E-state index in [1.807, 2.05) is 30.3 Å². The van der Waals surface area contributed by atoms with Gasteiger partial charge in [0, 0.05) is 19.4 Å². The van der Waals surface area contributed by atoms with Gasteiger partial charge in [-0.15, -0.1) is 13.2 Å². The Morgan fingerprint density at radius 1 is 1.24 bits per heavy atom. The monoisotopic (exact) mass is 282 g/mol. The summed E-state index contributed by atoms with van der Waals surface area (Å²) in [5, 5.41) is 9.45. The largest absolute Gasteiger partial charge is 0.477 e. The van der Waals surface area contributed by atoms with Gasteiger partial charge in [0.25, 0.3) is 0 Å². The number of hydrogen-bond acceptors (Lipinski definition) is 2. The fraction of sp³-hybridized carbons (Fsp3) is 0.176. The van der Waals surface area contributed by atoms with E-state index in [4.69, 9.17) is 0 Å². The summed E-state index contributed by atoms with van der Waals surface area (Å²) in [6.07, 6.45) is 4.37. The van der Waals surface area contributed by atoms with Gasteiger partial charge in [-0.3, -0.25) is 0 Å². The van der Waals surface area contributed by atoms with Crippen LogP contribution in [0.4, 0.5) is 0 Å². The summed E-state index contributed by atoms with van der Waals surface area (Å²) < 4.78 is 1.71. The Balaban J connectivity index is 2.48. The van der Waals surface area contributed by atoms with Crippen molar-refractivity contribution < 1.29 is 9.90 Å². The molecule has 0 saturated carbocycles. The van der Waals surface area contributed by atoms with Gasteiger partial charge < -0.3 is 9.67 Å². The Morgan fingerprint density at radius 2 is 1.95 bits per heavy atom. The van der Waals surface area contributed by atoms with Crippen molar-refractivity contribution in [1.29, 1.82) is 0 Å². The Hall–Kier alpha value is -2.62. The SMILES string of the molecule is C=CCc1nc(Cc2ccccc2)n(CC=C)c1C(=O)O. The second-order valence-electron chi connectivity index (χ2n) is 4.68. The molecule has 4 heteroatoms. The van der Waals surface area contributed by atoms with Crippen LogP contribution in [0.1, 0.15) is 27.6 Å². The van der Waals surface area contributed by atoms with Crippen molar-refractivity contribution in [2.45, 2.75) is 19.4 Å². The second-order valence-corrected chi connectivity index (χ2v) is 4.68. The molecule has 0 atom stereocenters. The lowest BCUT2D eigenvalue weighted by Gasteiger charge is -2.07. The summed E-state index contributed by atoms with van der Waals surface area (Å²) in [6.45, 7) is 7.79. The molecule has 1 aromatic carbocycles. The van der Waals surface area contributed by atoms with Crippen molar-refractivity contribution in [3.8, 4) is 0 Å². The number of benzene rings is 1. The van der Waals surface area contributed by atoms with Gasteiger partial charge in [0.05, 0.1) is 5.69 Å². The summed E-state index contributed by atoms with van der Waals surface area (Å²) in [5.74, 6) is -0.240. The number of carboxylic acid groups (broad SMARTS) is 1. The molecule has 2 aromatic rings. The lowest BCUT2D eigenvalue weighted by molar-refractivity contribution is 0.0684. The van der Waals surface area contributed by atoms with Crippen LogP contribution in [-0.2, 0) is 19.4 Å². The first-order valence-electron chi connectivity index (χ1n) is 6.74. The average molecular weight is 282 g/mol. The van der Waals surface area contributed by atoms with E-state index in [9.17, 15) is 9.90 Å². The minimum atomic E-state index is -0.972. The second kappa shape index (κ2) is 6.70. The van der Waals surface area contributed by atoms with Crippen molar-refractivity contribution in [1.82, 2.24) is 9.55 Å². The molecule has 0 aliphatic carbocycles. The van der Waals surface area contributed by atoms with Crippen molar-refractivity contribution in [3.05, 3.63) is 78.4 Å². The fourth-order valence-corrected chi connectivity index (χ4v) is 2.31. The number of hydrogen-bond donors (Lipinski definition) is 1. The van der Waals surface area contributed by atoms with E-state index < -0.39 is 5.97 Å². The number of allylic oxidation sites excluding steroid dienone is 2. The zero-order chi connectivity index (χ0) is 15.2. The van der Waals surface area contributed by atoms with Crippen molar-refractivity contribution >= 4 is 5.97 Å². The molecule has 0 unspecified atom stereocenters. The average Bonchev–Trinajstić information content (AvgIpc) is 2.79. The molecular formula is C17H18N2O2. The Bertz CT molecular complexity index is 657. The van der Waals surface area contributed by atoms with Gasteiger partial charge in [-0.05, 0) is 5.56 Å². The number of imidazole rings is 1. The lowest BCUT2D eigenvalue weighted by Crippen LogP contribution is -2.12. The molecular weight excluding hydrogens is 264 g/mol. The third kappa shape index (κ3) is 3.28. The maximum absolute atomic E-state index is 11.5. The van der Waals surface area contributed by atoms with E-state index in [1.54, 1.807) is 16.7 Å². The Morgan fingerprint density at radius 3 is 2.52 bits per heavy atom. The van der Waals surface area contributed by atoms with Crippen molar-refractivity contribution in [2.75, 3.05) is 0 Å². The van der Waals surface area contributed by atoms with Crippen LogP contribution in [0.25, 0.3) is 0 Å². The van der Waals surface area contributed by atoms with Gasteiger partial charge in [-0.1, -0.05) is 42.5 Å². The molecule has 0 aliphatic heterocycles. The first-order valence-corrected chi connectivity index (χ1v) is 6.74. The molecule has 0 saturated heterocycles. The number of carbonyl (C=O) groups is 1. The van der Waals surface area contributed by atoms with Crippen LogP contribution in [0, 0.1) is 0 Å². The lowest BCUT2D eigenvalue weighted by atomic mass is 10.1. The summed E-state index contributed by atoms with van der Waals surface area (Å²) >= 11 is 0. The smallest absolute Gasteiger partial charge is 0.354 e. The third-order valence-electron chi connectivity index (χ3n) is 3.18. The quantitative estimate of drug-likeness (QED) is 0.794. The topological polar surface area (TPSA) is 55.1 Å². The predicted molar refractivity (Wildman–Crippen MR) is 82.5 cm³/mol. The van der Waals surface area contributed by atoms with Crippen LogP contribution in [-0.4, -0.2) is 20.6 Å². The molecule has 4 nitrogen and oxygen atoms in total. The summed E-state index contributed by atoms with van der Waals surface area (Å²) in [4.78, 5) is 16.0. The number of carboxylic acids is 1. The minimum Gasteiger partial charge on any atom is -0.477 e. The number of aromatic carboxylic acids is 1. The molecule has 0 fully saturated rings. The van der Waals surface area contributed by atoms with Crippen LogP contribution in [0.2, 0.25) is 0 Å². The van der Waals surface area contributed by atoms with Crippen LogP contribution in [0.5, 0.6) is 0 Å². The Kier molecular flexibility index (Phi) is 4.72. The molecule has 1 aromatic heterocycles. The molecule has 1 heterocycles. The maximum atomic E-state index is 11.5. The standard InChI is InChI=1S/C17H18N2O2/c1-3-8-14-16(17(20)21)19(11-4-2)15(18-14)12-13-9-6-5-7-10-13/h3-7,9-10H,1-2,8,11-12H2,(H,20,21). The minimum absolute atomic E-state index is 0.223. The molecule has 1 N–H and O–H groups in total. The molecule has 0 aliphatic rings. The van der Waals surface area contributed by atoms with E-state index in [1.165, 1.54) is 0 Å². The highest BCUT2D eigenvalue weighted by atomic mass is 16.4. The van der Waals surface area contributed by atoms with E-state index in [2.05, 4.69) is 18.1 Å². The number of rotatable bonds is 7. The molecule has 2 rings (SSSR count). The third-order valence-corrected chi connectivity index (χ3v) is 3.18. The Labute approximate surface area is 124 Å². The fourth-order valence-electron chi connectivity index (χ4n) is 2.31. The van der Waals surface area contributed by atoms with E-state index in [0.717, 1.165) is 11.4 Å². The maximum Gasteiger partial charge on any atom is 0.354 e. The molecule has 108 valence electrons. The molecule has 0 radical (unpaired) electrons. The summed E-state index contributed by atoms with van der Waals surface area (Å²) in [5.41, 5.74) is 1.86. The van der Waals surface area contributed by atoms with Gasteiger partial charge >= 0.3 is 5.97 Å². The van der Waals surface area contributed by atoms with Crippen LogP contribution < -0.4 is 0 Å². The van der Waals surface area contributed by atoms with Crippen molar-refractivity contribution in [3.63, 3.8) is 0 Å². The molecule has 0 amide bonds. The first kappa shape index (κ1) is 14.8. The van der Waals surface area contributed by atoms with E-state index in [0.29, 0.717) is 25.1 Å². The molecule has 0 spiro atoms. The molecule has 0 bridgehead atoms. The van der Waals surface area contributed by atoms with Gasteiger partial charge in [0.1, 0.15) is 5.82 Å². The van der Waals surface area contributed by atoms with Crippen molar-refractivity contribution in [2.24, 2.45) is 0 Å². The molecule has 21 heavy (non-hydrogen) atoms. The van der Waals surface area contributed by atoms with Gasteiger partial charge in [0.15, 0.2) is 5.69 Å². The van der Waals surface area contributed by atoms with E-state index in [-0.39, 0.29) is 5.69 Å².